The van der Waals surface area contributed by atoms with Crippen LogP contribution in [0.5, 0.6) is 0 Å². The van der Waals surface area contributed by atoms with Crippen molar-refractivity contribution in [3.63, 3.8) is 0 Å². The quantitative estimate of drug-likeness (QED) is 0.450. The van der Waals surface area contributed by atoms with Gasteiger partial charge < -0.3 is 10.0 Å². The molecule has 39 heavy (non-hydrogen) atoms. The molecule has 2 aromatic carbocycles. The number of hydrogen-bond acceptors (Lipinski definition) is 5. The summed E-state index contributed by atoms with van der Waals surface area (Å²) in [5.41, 5.74) is 1.72. The number of hydrogen-bond donors (Lipinski definition) is 2. The van der Waals surface area contributed by atoms with Crippen molar-refractivity contribution in [2.75, 3.05) is 13.6 Å². The van der Waals surface area contributed by atoms with Crippen molar-refractivity contribution in [3.05, 3.63) is 71.0 Å². The van der Waals surface area contributed by atoms with Crippen LogP contribution in [-0.2, 0) is 25.7 Å². The van der Waals surface area contributed by atoms with Crippen molar-refractivity contribution in [3.8, 4) is 0 Å². The number of nitrogens with zero attached hydrogens (tertiary/aromatic N) is 2. The lowest BCUT2D eigenvalue weighted by Crippen LogP contribution is -2.63. The zero-order valence-electron chi connectivity index (χ0n) is 21.2. The Morgan fingerprint density at radius 1 is 1.05 bits per heavy atom. The van der Waals surface area contributed by atoms with Crippen LogP contribution in [0.3, 0.4) is 0 Å². The SMILES string of the molecule is Cc1ccc([C@H]2N[C@]3(CCCN(Cc4ccc(F)cc4)C3=O)[C@H]3C(=O)N(C)C(=O)[C@@H]23)cc1.O=C(O)C(F)(F)F. The molecule has 0 radical (unpaired) electrons. The largest absolute Gasteiger partial charge is 0.490 e. The number of carbonyl (C=O) groups excluding carboxylic acids is 3. The van der Waals surface area contributed by atoms with Crippen molar-refractivity contribution >= 4 is 23.7 Å². The molecule has 0 aliphatic carbocycles. The van der Waals surface area contributed by atoms with Gasteiger partial charge in [-0.15, -0.1) is 0 Å². The molecule has 4 atom stereocenters. The van der Waals surface area contributed by atoms with Gasteiger partial charge in [-0.1, -0.05) is 42.0 Å². The van der Waals surface area contributed by atoms with E-state index in [1.165, 1.54) is 24.1 Å². The fourth-order valence-corrected chi connectivity index (χ4v) is 5.63. The van der Waals surface area contributed by atoms with Crippen LogP contribution in [0.4, 0.5) is 17.6 Å². The van der Waals surface area contributed by atoms with Crippen LogP contribution < -0.4 is 5.32 Å². The van der Waals surface area contributed by atoms with Gasteiger partial charge in [0, 0.05) is 26.2 Å². The maximum absolute atomic E-state index is 13.9. The summed E-state index contributed by atoms with van der Waals surface area (Å²) in [6.45, 7) is 2.89. The van der Waals surface area contributed by atoms with Crippen molar-refractivity contribution in [2.45, 2.75) is 44.1 Å². The number of alkyl halides is 3. The highest BCUT2D eigenvalue weighted by molar-refractivity contribution is 6.10. The zero-order valence-corrected chi connectivity index (χ0v) is 21.2. The molecule has 3 aliphatic heterocycles. The first-order valence-corrected chi connectivity index (χ1v) is 12.3. The van der Waals surface area contributed by atoms with Gasteiger partial charge in [0.25, 0.3) is 0 Å². The lowest BCUT2D eigenvalue weighted by Gasteiger charge is -2.42. The second kappa shape index (κ2) is 10.4. The Morgan fingerprint density at radius 3 is 2.21 bits per heavy atom. The third-order valence-corrected chi connectivity index (χ3v) is 7.51. The van der Waals surface area contributed by atoms with E-state index in [1.807, 2.05) is 31.2 Å². The zero-order chi connectivity index (χ0) is 28.7. The molecule has 5 rings (SSSR count). The molecule has 0 aromatic heterocycles. The first kappa shape index (κ1) is 28.2. The number of benzene rings is 2. The number of halogens is 4. The Bertz CT molecular complexity index is 1280. The van der Waals surface area contributed by atoms with Gasteiger partial charge in [-0.3, -0.25) is 24.6 Å². The van der Waals surface area contributed by atoms with Crippen molar-refractivity contribution < 1.29 is 41.8 Å². The molecule has 208 valence electrons. The highest BCUT2D eigenvalue weighted by atomic mass is 19.4. The maximum atomic E-state index is 13.9. The van der Waals surface area contributed by atoms with Gasteiger partial charge in [-0.05, 0) is 43.0 Å². The molecule has 0 bridgehead atoms. The molecule has 3 aliphatic rings. The average Bonchev–Trinajstić information content (AvgIpc) is 3.33. The molecular weight excluding hydrogens is 522 g/mol. The monoisotopic (exact) mass is 549 g/mol. The highest BCUT2D eigenvalue weighted by Crippen LogP contribution is 2.51. The number of aryl methyl sites for hydroxylation is 1. The molecule has 3 amide bonds. The van der Waals surface area contributed by atoms with E-state index in [9.17, 15) is 31.9 Å². The topological polar surface area (TPSA) is 107 Å². The summed E-state index contributed by atoms with van der Waals surface area (Å²) in [6, 6.07) is 13.6. The number of carboxylic acid groups (broad SMARTS) is 1. The van der Waals surface area contributed by atoms with E-state index in [-0.39, 0.29) is 23.5 Å². The van der Waals surface area contributed by atoms with E-state index in [0.717, 1.165) is 23.1 Å². The minimum absolute atomic E-state index is 0.158. The lowest BCUT2D eigenvalue weighted by molar-refractivity contribution is -0.192. The predicted octanol–water partition coefficient (Wildman–Crippen LogP) is 3.20. The summed E-state index contributed by atoms with van der Waals surface area (Å²) in [6.07, 6.45) is -3.86. The Hall–Kier alpha value is -3.80. The standard InChI is InChI=1S/C25H26FN3O3.C2HF3O2/c1-15-4-8-17(9-5-15)21-19-20(23(31)28(2)22(19)30)25(27-21)12-3-13-29(24(25)32)14-16-6-10-18(26)11-7-16;3-2(4,5)1(6)7/h4-11,19-21,27H,3,12-14H2,1-2H3;(H,6,7)/t19-,20-,21-,25-;/m1./s1. The molecule has 2 aromatic rings. The fourth-order valence-electron chi connectivity index (χ4n) is 5.63. The second-order valence-corrected chi connectivity index (χ2v) is 10.0. The molecule has 3 saturated heterocycles. The second-order valence-electron chi connectivity index (χ2n) is 10.0. The van der Waals surface area contributed by atoms with E-state index < -0.39 is 35.6 Å². The van der Waals surface area contributed by atoms with Gasteiger partial charge in [0.15, 0.2) is 0 Å². The first-order valence-electron chi connectivity index (χ1n) is 12.3. The summed E-state index contributed by atoms with van der Waals surface area (Å²) < 4.78 is 45.0. The van der Waals surface area contributed by atoms with E-state index >= 15 is 0 Å². The molecule has 3 fully saturated rings. The summed E-state index contributed by atoms with van der Waals surface area (Å²) in [5.74, 6) is -5.10. The highest BCUT2D eigenvalue weighted by Gasteiger charge is 2.68. The summed E-state index contributed by atoms with van der Waals surface area (Å²) in [7, 11) is 1.51. The van der Waals surface area contributed by atoms with Crippen molar-refractivity contribution in [1.29, 1.82) is 0 Å². The van der Waals surface area contributed by atoms with Crippen molar-refractivity contribution in [2.24, 2.45) is 11.8 Å². The van der Waals surface area contributed by atoms with Crippen LogP contribution in [0.15, 0.2) is 48.5 Å². The van der Waals surface area contributed by atoms with Gasteiger partial charge in [0.1, 0.15) is 11.4 Å². The molecule has 1 spiro atoms. The van der Waals surface area contributed by atoms with Gasteiger partial charge in [-0.2, -0.15) is 13.2 Å². The van der Waals surface area contributed by atoms with E-state index in [2.05, 4.69) is 5.32 Å². The van der Waals surface area contributed by atoms with E-state index in [0.29, 0.717) is 19.5 Å². The van der Waals surface area contributed by atoms with Crippen LogP contribution in [-0.4, -0.2) is 63.9 Å². The van der Waals surface area contributed by atoms with Crippen LogP contribution in [0, 0.1) is 24.6 Å². The van der Waals surface area contributed by atoms with Crippen LogP contribution in [0.1, 0.15) is 35.6 Å². The number of amides is 3. The molecule has 0 saturated carbocycles. The van der Waals surface area contributed by atoms with Gasteiger partial charge in [0.2, 0.25) is 17.7 Å². The smallest absolute Gasteiger partial charge is 0.475 e. The molecule has 2 N–H and O–H groups in total. The predicted molar refractivity (Wildman–Crippen MR) is 129 cm³/mol. The first-order chi connectivity index (χ1) is 18.3. The third-order valence-electron chi connectivity index (χ3n) is 7.51. The van der Waals surface area contributed by atoms with Crippen LogP contribution in [0.2, 0.25) is 0 Å². The normalized spacial score (nSPS) is 26.5. The van der Waals surface area contributed by atoms with E-state index in [4.69, 9.17) is 9.90 Å². The molecular formula is C27H27F4N3O5. The number of piperidine rings is 1. The Kier molecular flexibility index (Phi) is 7.53. The molecule has 3 heterocycles. The van der Waals surface area contributed by atoms with Gasteiger partial charge in [-0.25, -0.2) is 9.18 Å². The van der Waals surface area contributed by atoms with Crippen LogP contribution in [0.25, 0.3) is 0 Å². The number of imide groups is 1. The third kappa shape index (κ3) is 5.25. The van der Waals surface area contributed by atoms with Gasteiger partial charge in [0.05, 0.1) is 11.8 Å². The van der Waals surface area contributed by atoms with Crippen molar-refractivity contribution in [1.82, 2.24) is 15.1 Å². The summed E-state index contributed by atoms with van der Waals surface area (Å²) in [4.78, 5) is 52.0. The summed E-state index contributed by atoms with van der Waals surface area (Å²) >= 11 is 0. The molecule has 8 nitrogen and oxygen atoms in total. The number of nitrogens with one attached hydrogen (secondary N) is 1. The summed E-state index contributed by atoms with van der Waals surface area (Å²) in [5, 5.41) is 10.6. The minimum atomic E-state index is -5.08. The Labute approximate surface area is 221 Å². The number of carboxylic acids is 1. The number of rotatable bonds is 3. The van der Waals surface area contributed by atoms with Crippen LogP contribution >= 0.6 is 0 Å². The molecule has 12 heteroatoms. The number of carbonyl (C=O) groups is 4. The minimum Gasteiger partial charge on any atom is -0.475 e. The Balaban J connectivity index is 0.000000448. The Morgan fingerprint density at radius 2 is 1.64 bits per heavy atom. The van der Waals surface area contributed by atoms with E-state index in [1.54, 1.807) is 17.0 Å². The fraction of sp³-hybridized carbons (Fsp3) is 0.407. The van der Waals surface area contributed by atoms with Gasteiger partial charge >= 0.3 is 12.1 Å². The number of fused-ring (bicyclic) bond motifs is 2. The maximum Gasteiger partial charge on any atom is 0.490 e. The number of likely N-dealkylation sites (tertiary alicyclic amines) is 2. The lowest BCUT2D eigenvalue weighted by atomic mass is 9.74. The molecule has 0 unspecified atom stereocenters. The number of aliphatic carboxylic acids is 1. The average molecular weight is 550 g/mol.